The fourth-order valence-corrected chi connectivity index (χ4v) is 4.81. The number of carbonyl (C=O) groups excluding carboxylic acids is 1. The smallest absolute Gasteiger partial charge is 0.273 e. The van der Waals surface area contributed by atoms with E-state index in [2.05, 4.69) is 17.3 Å². The quantitative estimate of drug-likeness (QED) is 0.886. The van der Waals surface area contributed by atoms with Gasteiger partial charge in [0, 0.05) is 6.04 Å². The standard InChI is InChI=1S/C19H23N3O3/c1-11(16-9-12-6-7-13(16)8-12)20-17(23)10-22-19(25)15-5-3-2-4-14(15)18(24)21-22/h2-5,11-13,16H,6-10H2,1H3,(H,20,23)(H,21,24)/t11-,12+,13+,16-/m1/s1. The van der Waals surface area contributed by atoms with Crippen molar-refractivity contribution in [3.63, 3.8) is 0 Å². The molecule has 0 unspecified atom stereocenters. The summed E-state index contributed by atoms with van der Waals surface area (Å²) >= 11 is 0. The summed E-state index contributed by atoms with van der Waals surface area (Å²) in [5.74, 6) is 1.86. The Kier molecular flexibility index (Phi) is 3.98. The van der Waals surface area contributed by atoms with Crippen molar-refractivity contribution in [2.24, 2.45) is 17.8 Å². The van der Waals surface area contributed by atoms with Crippen LogP contribution in [0.2, 0.25) is 0 Å². The molecule has 1 heterocycles. The van der Waals surface area contributed by atoms with Gasteiger partial charge < -0.3 is 5.32 Å². The molecule has 132 valence electrons. The summed E-state index contributed by atoms with van der Waals surface area (Å²) in [7, 11) is 0. The van der Waals surface area contributed by atoms with Crippen LogP contribution >= 0.6 is 0 Å². The largest absolute Gasteiger partial charge is 0.352 e. The molecular weight excluding hydrogens is 318 g/mol. The van der Waals surface area contributed by atoms with Crippen molar-refractivity contribution in [1.29, 1.82) is 0 Å². The molecule has 2 bridgehead atoms. The maximum absolute atomic E-state index is 12.5. The Morgan fingerprint density at radius 1 is 1.24 bits per heavy atom. The minimum absolute atomic E-state index is 0.102. The van der Waals surface area contributed by atoms with Gasteiger partial charge in [0.2, 0.25) is 5.91 Å². The highest BCUT2D eigenvalue weighted by atomic mass is 16.2. The third-order valence-corrected chi connectivity index (χ3v) is 6.01. The van der Waals surface area contributed by atoms with E-state index in [1.165, 1.54) is 25.7 Å². The second-order valence-corrected chi connectivity index (χ2v) is 7.57. The number of aromatic amines is 1. The van der Waals surface area contributed by atoms with Crippen molar-refractivity contribution in [1.82, 2.24) is 15.1 Å². The van der Waals surface area contributed by atoms with Crippen molar-refractivity contribution in [2.45, 2.75) is 45.2 Å². The molecule has 2 aromatic rings. The molecule has 2 saturated carbocycles. The van der Waals surface area contributed by atoms with Crippen LogP contribution in [0.15, 0.2) is 33.9 Å². The summed E-state index contributed by atoms with van der Waals surface area (Å²) in [6, 6.07) is 6.75. The summed E-state index contributed by atoms with van der Waals surface area (Å²) in [6.45, 7) is 1.89. The van der Waals surface area contributed by atoms with E-state index in [9.17, 15) is 14.4 Å². The molecule has 1 aromatic heterocycles. The first kappa shape index (κ1) is 16.1. The lowest BCUT2D eigenvalue weighted by atomic mass is 9.84. The van der Waals surface area contributed by atoms with Gasteiger partial charge >= 0.3 is 0 Å². The molecule has 0 spiro atoms. The van der Waals surface area contributed by atoms with Crippen LogP contribution in [0.25, 0.3) is 10.8 Å². The third-order valence-electron chi connectivity index (χ3n) is 6.01. The topological polar surface area (TPSA) is 84.0 Å². The molecule has 4 rings (SSSR count). The summed E-state index contributed by atoms with van der Waals surface area (Å²) in [6.07, 6.45) is 5.09. The zero-order valence-electron chi connectivity index (χ0n) is 14.3. The number of aromatic nitrogens is 2. The number of benzene rings is 1. The van der Waals surface area contributed by atoms with Gasteiger partial charge in [0.1, 0.15) is 6.54 Å². The Balaban J connectivity index is 1.49. The van der Waals surface area contributed by atoms with Gasteiger partial charge in [-0.2, -0.15) is 0 Å². The molecule has 2 N–H and O–H groups in total. The molecule has 2 fully saturated rings. The van der Waals surface area contributed by atoms with Crippen LogP contribution in [-0.4, -0.2) is 21.7 Å². The predicted octanol–water partition coefficient (Wildman–Crippen LogP) is 1.63. The number of nitrogens with one attached hydrogen (secondary N) is 2. The number of H-pyrrole nitrogens is 1. The summed E-state index contributed by atoms with van der Waals surface area (Å²) in [5.41, 5.74) is -0.706. The Hall–Kier alpha value is -2.37. The first-order valence-electron chi connectivity index (χ1n) is 9.04. The van der Waals surface area contributed by atoms with Gasteiger partial charge in [0.25, 0.3) is 11.1 Å². The molecule has 25 heavy (non-hydrogen) atoms. The normalized spacial score (nSPS) is 26.0. The van der Waals surface area contributed by atoms with Crippen molar-refractivity contribution < 1.29 is 4.79 Å². The van der Waals surface area contributed by atoms with Gasteiger partial charge in [0.15, 0.2) is 0 Å². The number of nitrogens with zero attached hydrogens (tertiary/aromatic N) is 1. The fourth-order valence-electron chi connectivity index (χ4n) is 4.81. The molecular formula is C19H23N3O3. The van der Waals surface area contributed by atoms with E-state index in [0.29, 0.717) is 16.7 Å². The number of hydrogen-bond acceptors (Lipinski definition) is 3. The van der Waals surface area contributed by atoms with Gasteiger partial charge in [-0.15, -0.1) is 0 Å². The Morgan fingerprint density at radius 2 is 2.00 bits per heavy atom. The van der Waals surface area contributed by atoms with Crippen LogP contribution in [0.3, 0.4) is 0 Å². The van der Waals surface area contributed by atoms with Crippen molar-refractivity contribution in [3.05, 3.63) is 45.0 Å². The van der Waals surface area contributed by atoms with E-state index < -0.39 is 0 Å². The maximum Gasteiger partial charge on any atom is 0.273 e. The number of rotatable bonds is 4. The van der Waals surface area contributed by atoms with Crippen molar-refractivity contribution in [2.75, 3.05) is 0 Å². The Labute approximate surface area is 145 Å². The summed E-state index contributed by atoms with van der Waals surface area (Å²) in [5, 5.41) is 6.22. The molecule has 4 atom stereocenters. The van der Waals surface area contributed by atoms with Gasteiger partial charge in [-0.25, -0.2) is 4.68 Å². The van der Waals surface area contributed by atoms with E-state index in [4.69, 9.17) is 0 Å². The molecule has 6 heteroatoms. The second-order valence-electron chi connectivity index (χ2n) is 7.57. The van der Waals surface area contributed by atoms with E-state index >= 15 is 0 Å². The van der Waals surface area contributed by atoms with Crippen molar-refractivity contribution in [3.8, 4) is 0 Å². The Morgan fingerprint density at radius 3 is 2.68 bits per heavy atom. The van der Waals surface area contributed by atoms with Crippen LogP contribution < -0.4 is 16.4 Å². The van der Waals surface area contributed by atoms with Gasteiger partial charge in [-0.1, -0.05) is 18.6 Å². The summed E-state index contributed by atoms with van der Waals surface area (Å²) < 4.78 is 1.10. The van der Waals surface area contributed by atoms with E-state index in [-0.39, 0.29) is 29.6 Å². The van der Waals surface area contributed by atoms with Crippen LogP contribution in [0.4, 0.5) is 0 Å². The SMILES string of the molecule is C[C@@H](NC(=O)Cn1[nH]c(=O)c2ccccc2c1=O)[C@H]1C[C@H]2CC[C@H]1C2. The van der Waals surface area contributed by atoms with E-state index in [1.807, 2.05) is 0 Å². The Bertz CT molecular complexity index is 929. The molecule has 6 nitrogen and oxygen atoms in total. The van der Waals surface area contributed by atoms with Crippen LogP contribution in [0, 0.1) is 17.8 Å². The number of amides is 1. The fraction of sp³-hybridized carbons (Fsp3) is 0.526. The molecule has 1 amide bonds. The third kappa shape index (κ3) is 2.90. The number of fused-ring (bicyclic) bond motifs is 3. The number of carbonyl (C=O) groups is 1. The van der Waals surface area contributed by atoms with Crippen LogP contribution in [0.5, 0.6) is 0 Å². The maximum atomic E-state index is 12.5. The molecule has 0 radical (unpaired) electrons. The predicted molar refractivity (Wildman–Crippen MR) is 95.4 cm³/mol. The second kappa shape index (κ2) is 6.17. The van der Waals surface area contributed by atoms with Crippen LogP contribution in [-0.2, 0) is 11.3 Å². The van der Waals surface area contributed by atoms with Crippen molar-refractivity contribution >= 4 is 16.7 Å². The average Bonchev–Trinajstić information content (AvgIpc) is 3.22. The molecule has 0 saturated heterocycles. The van der Waals surface area contributed by atoms with E-state index in [1.54, 1.807) is 24.3 Å². The highest BCUT2D eigenvalue weighted by molar-refractivity contribution is 5.81. The number of hydrogen-bond donors (Lipinski definition) is 2. The minimum Gasteiger partial charge on any atom is -0.352 e. The molecule has 1 aromatic carbocycles. The van der Waals surface area contributed by atoms with Crippen LogP contribution in [0.1, 0.15) is 32.6 Å². The monoisotopic (exact) mass is 341 g/mol. The van der Waals surface area contributed by atoms with Gasteiger partial charge in [0.05, 0.1) is 10.8 Å². The first-order chi connectivity index (χ1) is 12.0. The highest BCUT2D eigenvalue weighted by Gasteiger charge is 2.42. The zero-order chi connectivity index (χ0) is 17.6. The van der Waals surface area contributed by atoms with Gasteiger partial charge in [-0.05, 0) is 56.1 Å². The first-order valence-corrected chi connectivity index (χ1v) is 9.04. The molecule has 2 aliphatic rings. The van der Waals surface area contributed by atoms with Gasteiger partial charge in [-0.3, -0.25) is 19.5 Å². The minimum atomic E-state index is -0.357. The molecule has 2 aliphatic carbocycles. The molecule has 0 aliphatic heterocycles. The summed E-state index contributed by atoms with van der Waals surface area (Å²) in [4.78, 5) is 37.0. The zero-order valence-corrected chi connectivity index (χ0v) is 14.3. The lowest BCUT2D eigenvalue weighted by Gasteiger charge is -2.28. The highest BCUT2D eigenvalue weighted by Crippen LogP contribution is 2.49. The lowest BCUT2D eigenvalue weighted by molar-refractivity contribution is -0.123. The van der Waals surface area contributed by atoms with E-state index in [0.717, 1.165) is 16.5 Å². The lowest BCUT2D eigenvalue weighted by Crippen LogP contribution is -2.43. The average molecular weight is 341 g/mol.